The largest absolute Gasteiger partial charge is 0.382 e. The van der Waals surface area contributed by atoms with Crippen LogP contribution in [0.15, 0.2) is 18.3 Å². The van der Waals surface area contributed by atoms with Gasteiger partial charge >= 0.3 is 0 Å². The molecule has 0 saturated heterocycles. The van der Waals surface area contributed by atoms with Crippen LogP contribution in [0, 0.1) is 18.3 Å². The van der Waals surface area contributed by atoms with Gasteiger partial charge in [0.25, 0.3) is 0 Å². The highest BCUT2D eigenvalue weighted by Gasteiger charge is 2.13. The summed E-state index contributed by atoms with van der Waals surface area (Å²) in [4.78, 5) is 12.8. The maximum absolute atomic E-state index is 8.94. The highest BCUT2D eigenvalue weighted by molar-refractivity contribution is 5.60. The average molecular weight is 239 g/mol. The molecule has 0 aliphatic carbocycles. The summed E-state index contributed by atoms with van der Waals surface area (Å²) >= 11 is 0. The molecule has 0 atom stereocenters. The minimum atomic E-state index is 0.202. The lowest BCUT2D eigenvalue weighted by Gasteiger charge is -2.07. The third-order valence-electron chi connectivity index (χ3n) is 2.71. The smallest absolute Gasteiger partial charge is 0.180 e. The number of anilines is 1. The molecule has 18 heavy (non-hydrogen) atoms. The Bertz CT molecular complexity index is 605. The van der Waals surface area contributed by atoms with Gasteiger partial charge in [0.2, 0.25) is 0 Å². The van der Waals surface area contributed by atoms with Gasteiger partial charge in [-0.25, -0.2) is 9.97 Å². The summed E-state index contributed by atoms with van der Waals surface area (Å²) in [5.74, 6) is 0.675. The monoisotopic (exact) mass is 239 g/mol. The van der Waals surface area contributed by atoms with Crippen molar-refractivity contribution < 1.29 is 0 Å². The van der Waals surface area contributed by atoms with Crippen LogP contribution in [0.25, 0.3) is 11.5 Å². The first kappa shape index (κ1) is 12.0. The van der Waals surface area contributed by atoms with Crippen molar-refractivity contribution >= 4 is 5.82 Å². The van der Waals surface area contributed by atoms with Gasteiger partial charge in [0.05, 0.1) is 5.69 Å². The van der Waals surface area contributed by atoms with Gasteiger partial charge in [-0.2, -0.15) is 5.26 Å². The van der Waals surface area contributed by atoms with E-state index in [9.17, 15) is 0 Å². The Balaban J connectivity index is 2.63. The number of pyridine rings is 1. The Morgan fingerprint density at radius 1 is 1.39 bits per heavy atom. The standard InChI is InChI=1S/C13H13N5/c1-3-9-5-4-6-16-11(9)13-17-8(2)10(7-14)12(15)18-13/h4-6H,3H2,1-2H3,(H2,15,17,18). The number of nitrogens with two attached hydrogens (primary N) is 1. The molecule has 0 fully saturated rings. The topological polar surface area (TPSA) is 88.5 Å². The van der Waals surface area contributed by atoms with Crippen molar-refractivity contribution in [3.8, 4) is 17.6 Å². The van der Waals surface area contributed by atoms with Gasteiger partial charge in [-0.1, -0.05) is 13.0 Å². The predicted octanol–water partition coefficient (Wildman–Crippen LogP) is 1.86. The summed E-state index contributed by atoms with van der Waals surface area (Å²) in [6.45, 7) is 3.79. The number of rotatable bonds is 2. The molecule has 90 valence electrons. The molecule has 2 aromatic rings. The summed E-state index contributed by atoms with van der Waals surface area (Å²) in [5.41, 5.74) is 8.44. The van der Waals surface area contributed by atoms with Crippen molar-refractivity contribution in [3.05, 3.63) is 35.2 Å². The van der Waals surface area contributed by atoms with Crippen LogP contribution in [0.5, 0.6) is 0 Å². The third-order valence-corrected chi connectivity index (χ3v) is 2.71. The van der Waals surface area contributed by atoms with Crippen LogP contribution in [0.4, 0.5) is 5.82 Å². The molecule has 0 aliphatic rings. The van der Waals surface area contributed by atoms with Crippen LogP contribution in [-0.2, 0) is 6.42 Å². The molecular formula is C13H13N5. The van der Waals surface area contributed by atoms with E-state index in [0.29, 0.717) is 17.1 Å². The molecular weight excluding hydrogens is 226 g/mol. The molecule has 2 N–H and O–H groups in total. The van der Waals surface area contributed by atoms with Gasteiger partial charge < -0.3 is 5.73 Å². The summed E-state index contributed by atoms with van der Waals surface area (Å²) in [6.07, 6.45) is 2.53. The summed E-state index contributed by atoms with van der Waals surface area (Å²) in [5, 5.41) is 8.94. The number of nitrogens with zero attached hydrogens (tertiary/aromatic N) is 4. The van der Waals surface area contributed by atoms with E-state index in [2.05, 4.69) is 15.0 Å². The second-order valence-corrected chi connectivity index (χ2v) is 3.87. The van der Waals surface area contributed by atoms with Crippen LogP contribution in [0.3, 0.4) is 0 Å². The van der Waals surface area contributed by atoms with Crippen molar-refractivity contribution in [1.29, 1.82) is 5.26 Å². The van der Waals surface area contributed by atoms with Crippen LogP contribution < -0.4 is 5.73 Å². The van der Waals surface area contributed by atoms with E-state index in [0.717, 1.165) is 17.7 Å². The first-order chi connectivity index (χ1) is 8.67. The summed E-state index contributed by atoms with van der Waals surface area (Å²) in [7, 11) is 0. The molecule has 0 spiro atoms. The van der Waals surface area contributed by atoms with Gasteiger partial charge in [0.15, 0.2) is 5.82 Å². The molecule has 5 heteroatoms. The molecule has 2 aromatic heterocycles. The fourth-order valence-corrected chi connectivity index (χ4v) is 1.76. The van der Waals surface area contributed by atoms with E-state index in [1.165, 1.54) is 0 Å². The van der Waals surface area contributed by atoms with E-state index >= 15 is 0 Å². The number of nitrogen functional groups attached to an aromatic ring is 1. The van der Waals surface area contributed by atoms with Crippen molar-refractivity contribution in [3.63, 3.8) is 0 Å². The SMILES string of the molecule is CCc1cccnc1-c1nc(C)c(C#N)c(N)n1. The highest BCUT2D eigenvalue weighted by atomic mass is 15.0. The Kier molecular flexibility index (Phi) is 3.20. The number of hydrogen-bond donors (Lipinski definition) is 1. The fourth-order valence-electron chi connectivity index (χ4n) is 1.76. The molecule has 0 amide bonds. The maximum Gasteiger partial charge on any atom is 0.180 e. The summed E-state index contributed by atoms with van der Waals surface area (Å²) in [6, 6.07) is 5.86. The second-order valence-electron chi connectivity index (χ2n) is 3.87. The highest BCUT2D eigenvalue weighted by Crippen LogP contribution is 2.21. The molecule has 0 radical (unpaired) electrons. The van der Waals surface area contributed by atoms with Crippen LogP contribution in [-0.4, -0.2) is 15.0 Å². The van der Waals surface area contributed by atoms with E-state index in [1.54, 1.807) is 13.1 Å². The van der Waals surface area contributed by atoms with Crippen molar-refractivity contribution in [1.82, 2.24) is 15.0 Å². The van der Waals surface area contributed by atoms with Crippen molar-refractivity contribution in [2.24, 2.45) is 0 Å². The van der Waals surface area contributed by atoms with E-state index in [4.69, 9.17) is 11.0 Å². The molecule has 2 rings (SSSR count). The first-order valence-corrected chi connectivity index (χ1v) is 5.65. The van der Waals surface area contributed by atoms with Gasteiger partial charge in [0.1, 0.15) is 23.1 Å². The van der Waals surface area contributed by atoms with Crippen LogP contribution in [0.1, 0.15) is 23.7 Å². The van der Waals surface area contributed by atoms with Gasteiger partial charge in [-0.15, -0.1) is 0 Å². The number of aromatic nitrogens is 3. The quantitative estimate of drug-likeness (QED) is 0.864. The first-order valence-electron chi connectivity index (χ1n) is 5.65. The fraction of sp³-hybridized carbons (Fsp3) is 0.231. The van der Waals surface area contributed by atoms with Gasteiger partial charge in [-0.05, 0) is 25.0 Å². The molecule has 0 bridgehead atoms. The summed E-state index contributed by atoms with van der Waals surface area (Å²) < 4.78 is 0. The molecule has 5 nitrogen and oxygen atoms in total. The minimum Gasteiger partial charge on any atom is -0.382 e. The van der Waals surface area contributed by atoms with E-state index in [1.807, 2.05) is 25.1 Å². The zero-order valence-corrected chi connectivity index (χ0v) is 10.3. The van der Waals surface area contributed by atoms with Crippen LogP contribution in [0.2, 0.25) is 0 Å². The van der Waals surface area contributed by atoms with Gasteiger partial charge in [0, 0.05) is 6.20 Å². The van der Waals surface area contributed by atoms with Crippen LogP contribution >= 0.6 is 0 Å². The molecule has 0 aromatic carbocycles. The Morgan fingerprint density at radius 2 is 2.17 bits per heavy atom. The van der Waals surface area contributed by atoms with Crippen molar-refractivity contribution in [2.75, 3.05) is 5.73 Å². The predicted molar refractivity (Wildman–Crippen MR) is 68.5 cm³/mol. The Morgan fingerprint density at radius 3 is 2.78 bits per heavy atom. The zero-order valence-electron chi connectivity index (χ0n) is 10.3. The Hall–Kier alpha value is -2.48. The molecule has 2 heterocycles. The average Bonchev–Trinajstić information content (AvgIpc) is 2.38. The minimum absolute atomic E-state index is 0.202. The number of aryl methyl sites for hydroxylation is 2. The lowest BCUT2D eigenvalue weighted by molar-refractivity contribution is 1.04. The molecule has 0 unspecified atom stereocenters. The number of nitriles is 1. The lowest BCUT2D eigenvalue weighted by atomic mass is 10.1. The lowest BCUT2D eigenvalue weighted by Crippen LogP contribution is -2.04. The Labute approximate surface area is 105 Å². The second kappa shape index (κ2) is 4.80. The van der Waals surface area contributed by atoms with E-state index < -0.39 is 0 Å². The zero-order chi connectivity index (χ0) is 13.1. The maximum atomic E-state index is 8.94. The third kappa shape index (κ3) is 2.00. The molecule has 0 aliphatic heterocycles. The molecule has 0 saturated carbocycles. The normalized spacial score (nSPS) is 10.1. The van der Waals surface area contributed by atoms with Gasteiger partial charge in [-0.3, -0.25) is 4.98 Å². The van der Waals surface area contributed by atoms with Crippen molar-refractivity contribution in [2.45, 2.75) is 20.3 Å². The van der Waals surface area contributed by atoms with E-state index in [-0.39, 0.29) is 5.82 Å². The number of hydrogen-bond acceptors (Lipinski definition) is 5.